The van der Waals surface area contributed by atoms with Crippen molar-refractivity contribution >= 4 is 5.82 Å². The highest BCUT2D eigenvalue weighted by Crippen LogP contribution is 2.51. The maximum absolute atomic E-state index is 13.7. The van der Waals surface area contributed by atoms with E-state index in [1.54, 1.807) is 52.1 Å². The lowest BCUT2D eigenvalue weighted by atomic mass is 10.0. The van der Waals surface area contributed by atoms with E-state index in [0.29, 0.717) is 46.1 Å². The zero-order chi connectivity index (χ0) is 25.4. The van der Waals surface area contributed by atoms with E-state index in [0.717, 1.165) is 0 Å². The predicted molar refractivity (Wildman–Crippen MR) is 124 cm³/mol. The van der Waals surface area contributed by atoms with Crippen LogP contribution in [0, 0.1) is 20.8 Å². The van der Waals surface area contributed by atoms with E-state index in [1.165, 1.54) is 0 Å². The summed E-state index contributed by atoms with van der Waals surface area (Å²) in [6.07, 6.45) is -5.14. The Balaban J connectivity index is 1.76. The van der Waals surface area contributed by atoms with Crippen LogP contribution in [0.2, 0.25) is 0 Å². The Morgan fingerprint density at radius 2 is 1.94 bits per heavy atom. The lowest BCUT2D eigenvalue weighted by Crippen LogP contribution is -2.39. The van der Waals surface area contributed by atoms with Crippen molar-refractivity contribution in [1.82, 2.24) is 20.4 Å². The lowest BCUT2D eigenvalue weighted by Gasteiger charge is -2.23. The van der Waals surface area contributed by atoms with Crippen molar-refractivity contribution < 1.29 is 27.5 Å². The number of hydrogen-bond donors (Lipinski definition) is 3. The maximum atomic E-state index is 13.7. The quantitative estimate of drug-likeness (QED) is 0.409. The third kappa shape index (κ3) is 5.10. The van der Waals surface area contributed by atoms with Crippen LogP contribution in [-0.2, 0) is 0 Å². The van der Waals surface area contributed by atoms with Crippen LogP contribution in [0.5, 0.6) is 5.75 Å². The van der Waals surface area contributed by atoms with Crippen LogP contribution in [0.15, 0.2) is 28.8 Å². The molecular formula is C24H28F3N5O3. The molecule has 1 aromatic carbocycles. The third-order valence-electron chi connectivity index (χ3n) is 6.04. The van der Waals surface area contributed by atoms with E-state index in [9.17, 15) is 18.3 Å². The van der Waals surface area contributed by atoms with E-state index in [2.05, 4.69) is 20.8 Å². The van der Waals surface area contributed by atoms with E-state index in [4.69, 9.17) is 14.2 Å². The van der Waals surface area contributed by atoms with Crippen molar-refractivity contribution in [2.45, 2.75) is 51.4 Å². The molecular weight excluding hydrogens is 463 g/mol. The summed E-state index contributed by atoms with van der Waals surface area (Å²) in [5.41, 5.74) is 0.679. The average molecular weight is 492 g/mol. The van der Waals surface area contributed by atoms with Gasteiger partial charge in [-0.25, -0.2) is 9.97 Å². The van der Waals surface area contributed by atoms with Gasteiger partial charge in [-0.05, 0) is 52.8 Å². The van der Waals surface area contributed by atoms with Gasteiger partial charge in [-0.2, -0.15) is 13.2 Å². The van der Waals surface area contributed by atoms with Crippen molar-refractivity contribution in [2.75, 3.05) is 25.5 Å². The van der Waals surface area contributed by atoms with Crippen LogP contribution < -0.4 is 15.4 Å². The first-order chi connectivity index (χ1) is 16.5. The molecule has 2 aromatic heterocycles. The summed E-state index contributed by atoms with van der Waals surface area (Å²) < 4.78 is 52.1. The second kappa shape index (κ2) is 9.46. The molecule has 2 heterocycles. The second-order valence-electron chi connectivity index (χ2n) is 8.82. The number of nitrogens with zero attached hydrogens (tertiary/aromatic N) is 3. The van der Waals surface area contributed by atoms with E-state index >= 15 is 0 Å². The molecule has 0 saturated heterocycles. The fraction of sp³-hybridized carbons (Fsp3) is 0.458. The minimum absolute atomic E-state index is 0.0196. The number of halogens is 3. The van der Waals surface area contributed by atoms with E-state index in [1.807, 2.05) is 0 Å². The minimum Gasteiger partial charge on any atom is -0.491 e. The average Bonchev–Trinajstić information content (AvgIpc) is 3.53. The number of aliphatic hydroxyl groups is 1. The van der Waals surface area contributed by atoms with Crippen LogP contribution >= 0.6 is 0 Å². The molecule has 3 N–H and O–H groups in total. The van der Waals surface area contributed by atoms with Gasteiger partial charge in [0.05, 0.1) is 17.0 Å². The molecule has 0 spiro atoms. The van der Waals surface area contributed by atoms with Crippen LogP contribution in [0.1, 0.15) is 29.9 Å². The number of benzene rings is 1. The molecule has 0 bridgehead atoms. The number of aliphatic hydroxyl groups excluding tert-OH is 1. The van der Waals surface area contributed by atoms with Crippen LogP contribution in [-0.4, -0.2) is 58.2 Å². The Morgan fingerprint density at radius 1 is 1.20 bits per heavy atom. The van der Waals surface area contributed by atoms with Crippen molar-refractivity contribution in [2.24, 2.45) is 0 Å². The monoisotopic (exact) mass is 491 g/mol. The van der Waals surface area contributed by atoms with Gasteiger partial charge in [0.25, 0.3) is 0 Å². The summed E-state index contributed by atoms with van der Waals surface area (Å²) in [6, 6.07) is 6.90. The molecule has 3 aromatic rings. The smallest absolute Gasteiger partial charge is 0.411 e. The lowest BCUT2D eigenvalue weighted by molar-refractivity contribution is -0.151. The highest BCUT2D eigenvalue weighted by atomic mass is 19.4. The molecule has 8 nitrogen and oxygen atoms in total. The molecule has 1 atom stereocenters. The van der Waals surface area contributed by atoms with Crippen LogP contribution in [0.25, 0.3) is 22.6 Å². The number of likely N-dealkylation sites (N-methyl/N-ethyl adjacent to an activating group) is 1. The van der Waals surface area contributed by atoms with Crippen molar-refractivity contribution in [3.8, 4) is 28.4 Å². The zero-order valence-corrected chi connectivity index (χ0v) is 20.0. The maximum Gasteiger partial charge on any atom is 0.411 e. The predicted octanol–water partition coefficient (Wildman–Crippen LogP) is 4.19. The van der Waals surface area contributed by atoms with E-state index in [-0.39, 0.29) is 31.1 Å². The van der Waals surface area contributed by atoms with Gasteiger partial charge >= 0.3 is 6.18 Å². The molecule has 1 unspecified atom stereocenters. The van der Waals surface area contributed by atoms with Crippen LogP contribution in [0.3, 0.4) is 0 Å². The summed E-state index contributed by atoms with van der Waals surface area (Å²) in [4.78, 5) is 9.19. The fourth-order valence-electron chi connectivity index (χ4n) is 3.87. The summed E-state index contributed by atoms with van der Waals surface area (Å²) in [7, 11) is 1.73. The summed E-state index contributed by atoms with van der Waals surface area (Å²) in [5.74, 6) is 1.32. The Hall–Kier alpha value is -3.18. The number of aryl methyl sites for hydroxylation is 2. The van der Waals surface area contributed by atoms with Gasteiger partial charge < -0.3 is 25.0 Å². The molecule has 11 heteroatoms. The molecule has 1 aliphatic rings. The number of anilines is 1. The molecule has 1 fully saturated rings. The van der Waals surface area contributed by atoms with Crippen molar-refractivity contribution in [1.29, 1.82) is 0 Å². The number of nitrogens with one attached hydrogen (secondary N) is 2. The number of aromatic nitrogens is 3. The van der Waals surface area contributed by atoms with E-state index < -0.39 is 17.8 Å². The van der Waals surface area contributed by atoms with Crippen molar-refractivity contribution in [3.05, 3.63) is 41.3 Å². The van der Waals surface area contributed by atoms with Gasteiger partial charge in [0.1, 0.15) is 35.6 Å². The Kier molecular flexibility index (Phi) is 6.74. The number of ether oxygens (including phenoxy) is 1. The largest absolute Gasteiger partial charge is 0.491 e. The van der Waals surface area contributed by atoms with Gasteiger partial charge in [0, 0.05) is 17.7 Å². The SMILES string of the molecule is CNCC(O)COc1cccc(-c2nc(NC3(C(F)(F)F)CC3)c(C)c(-c3c(C)noc3C)n2)c1. The van der Waals surface area contributed by atoms with Gasteiger partial charge in [0.15, 0.2) is 5.82 Å². The first kappa shape index (κ1) is 24.9. The number of alkyl halides is 3. The van der Waals surface area contributed by atoms with Gasteiger partial charge in [0.2, 0.25) is 0 Å². The summed E-state index contributed by atoms with van der Waals surface area (Å²) >= 11 is 0. The van der Waals surface area contributed by atoms with Gasteiger partial charge in [-0.1, -0.05) is 17.3 Å². The number of rotatable bonds is 9. The normalized spacial score (nSPS) is 15.7. The van der Waals surface area contributed by atoms with Gasteiger partial charge in [-0.15, -0.1) is 0 Å². The molecule has 0 radical (unpaired) electrons. The summed E-state index contributed by atoms with van der Waals surface area (Å²) in [6.45, 7) is 5.61. The summed E-state index contributed by atoms with van der Waals surface area (Å²) in [5, 5.41) is 19.4. The Morgan fingerprint density at radius 3 is 2.54 bits per heavy atom. The topological polar surface area (TPSA) is 105 Å². The highest BCUT2D eigenvalue weighted by molar-refractivity contribution is 5.75. The standard InChI is InChI=1S/C24H28F3N5O3/c1-13-20(19-14(2)32-35-15(19)3)29-22(30-21(13)31-23(8-9-23)24(25,26)27)16-6-5-7-18(10-16)34-12-17(33)11-28-4/h5-7,10,17,28,33H,8-9,11-12H2,1-4H3,(H,29,30,31). The molecule has 0 aliphatic heterocycles. The zero-order valence-electron chi connectivity index (χ0n) is 20.0. The first-order valence-electron chi connectivity index (χ1n) is 11.3. The molecule has 188 valence electrons. The van der Waals surface area contributed by atoms with Crippen LogP contribution in [0.4, 0.5) is 19.0 Å². The minimum atomic E-state index is -4.41. The molecule has 1 aliphatic carbocycles. The van der Waals surface area contributed by atoms with Crippen molar-refractivity contribution in [3.63, 3.8) is 0 Å². The molecule has 1 saturated carbocycles. The molecule has 4 rings (SSSR count). The van der Waals surface area contributed by atoms with Gasteiger partial charge in [-0.3, -0.25) is 0 Å². The Labute approximate surface area is 200 Å². The first-order valence-corrected chi connectivity index (χ1v) is 11.3. The number of hydrogen-bond acceptors (Lipinski definition) is 8. The molecule has 35 heavy (non-hydrogen) atoms. The molecule has 0 amide bonds. The fourth-order valence-corrected chi connectivity index (χ4v) is 3.87. The Bertz CT molecular complexity index is 1190. The third-order valence-corrected chi connectivity index (χ3v) is 6.04. The second-order valence-corrected chi connectivity index (χ2v) is 8.82. The highest BCUT2D eigenvalue weighted by Gasteiger charge is 2.64.